The third-order valence-electron chi connectivity index (χ3n) is 5.60. The van der Waals surface area contributed by atoms with Crippen LogP contribution in [0.25, 0.3) is 10.2 Å². The molecule has 2 bridgehead atoms. The summed E-state index contributed by atoms with van der Waals surface area (Å²) in [5.74, 6) is 0.633. The number of benzene rings is 2. The first-order chi connectivity index (χ1) is 13.7. The van der Waals surface area contributed by atoms with Gasteiger partial charge in [-0.15, -0.1) is 0 Å². The van der Waals surface area contributed by atoms with E-state index in [4.69, 9.17) is 9.84 Å². The average molecular weight is 395 g/mol. The Kier molecular flexibility index (Phi) is 4.50. The van der Waals surface area contributed by atoms with E-state index in [-0.39, 0.29) is 18.6 Å². The molecule has 0 spiro atoms. The minimum Gasteiger partial charge on any atom is -0.431 e. The molecule has 0 unspecified atom stereocenters. The molecule has 5 rings (SSSR count). The van der Waals surface area contributed by atoms with Crippen molar-refractivity contribution in [3.8, 4) is 10.9 Å². The highest BCUT2D eigenvalue weighted by atomic mass is 32.1. The van der Waals surface area contributed by atoms with Crippen LogP contribution in [0.2, 0.25) is 0 Å². The first-order valence-electron chi connectivity index (χ1n) is 9.46. The van der Waals surface area contributed by atoms with Crippen LogP contribution in [0.15, 0.2) is 48.5 Å². The lowest BCUT2D eigenvalue weighted by Crippen LogP contribution is -2.49. The maximum Gasteiger partial charge on any atom is 0.279 e. The van der Waals surface area contributed by atoms with Crippen LogP contribution in [0.5, 0.6) is 10.9 Å². The number of aliphatic hydroxyl groups excluding tert-OH is 1. The molecular formula is C21H21N3O3S. The summed E-state index contributed by atoms with van der Waals surface area (Å²) in [6.07, 6.45) is 1.00. The number of aromatic nitrogens is 1. The number of likely N-dealkylation sites (tertiary alicyclic amines) is 2. The number of para-hydroxylation sites is 1. The Hall–Kier alpha value is -2.48. The monoisotopic (exact) mass is 395 g/mol. The van der Waals surface area contributed by atoms with Gasteiger partial charge in [-0.2, -0.15) is 0 Å². The number of amides is 1. The van der Waals surface area contributed by atoms with E-state index in [9.17, 15) is 4.79 Å². The summed E-state index contributed by atoms with van der Waals surface area (Å²) in [4.78, 5) is 20.5. The zero-order chi connectivity index (χ0) is 19.1. The normalized spacial score (nSPS) is 21.5. The van der Waals surface area contributed by atoms with Crippen molar-refractivity contribution in [2.75, 3.05) is 19.7 Å². The lowest BCUT2D eigenvalue weighted by molar-refractivity contribution is -0.136. The highest BCUT2D eigenvalue weighted by molar-refractivity contribution is 7.20. The van der Waals surface area contributed by atoms with E-state index in [1.54, 1.807) is 11.3 Å². The van der Waals surface area contributed by atoms with E-state index in [1.165, 1.54) is 5.56 Å². The number of thiazole rings is 1. The lowest BCUT2D eigenvalue weighted by Gasteiger charge is -2.34. The molecule has 0 aliphatic carbocycles. The molecule has 144 valence electrons. The van der Waals surface area contributed by atoms with Crippen molar-refractivity contribution in [3.05, 3.63) is 54.1 Å². The van der Waals surface area contributed by atoms with Crippen LogP contribution >= 0.6 is 11.3 Å². The van der Waals surface area contributed by atoms with Crippen LogP contribution in [0.1, 0.15) is 12.0 Å². The minimum absolute atomic E-state index is 0.150. The Balaban J connectivity index is 1.21. The molecule has 7 heteroatoms. The second kappa shape index (κ2) is 7.16. The van der Waals surface area contributed by atoms with Gasteiger partial charge in [0.15, 0.2) is 0 Å². The summed E-state index contributed by atoms with van der Waals surface area (Å²) >= 11 is 1.54. The van der Waals surface area contributed by atoms with Crippen LogP contribution in [-0.2, 0) is 11.3 Å². The highest BCUT2D eigenvalue weighted by Gasteiger charge is 2.44. The van der Waals surface area contributed by atoms with Crippen LogP contribution in [0, 0.1) is 0 Å². The summed E-state index contributed by atoms with van der Waals surface area (Å²) < 4.78 is 7.03. The van der Waals surface area contributed by atoms with Crippen LogP contribution in [-0.4, -0.2) is 57.6 Å². The topological polar surface area (TPSA) is 65.9 Å². The van der Waals surface area contributed by atoms with Crippen molar-refractivity contribution in [2.24, 2.45) is 0 Å². The first-order valence-corrected chi connectivity index (χ1v) is 10.3. The zero-order valence-electron chi connectivity index (χ0n) is 15.3. The molecule has 1 aromatic heterocycles. The Morgan fingerprint density at radius 2 is 1.96 bits per heavy atom. The lowest BCUT2D eigenvalue weighted by atomic mass is 10.2. The highest BCUT2D eigenvalue weighted by Crippen LogP contribution is 2.33. The van der Waals surface area contributed by atoms with E-state index in [1.807, 2.05) is 41.3 Å². The van der Waals surface area contributed by atoms with Gasteiger partial charge in [0.25, 0.3) is 5.19 Å². The van der Waals surface area contributed by atoms with Crippen LogP contribution < -0.4 is 4.74 Å². The number of piperazine rings is 1. The molecule has 2 aliphatic rings. The molecule has 6 nitrogen and oxygen atoms in total. The van der Waals surface area contributed by atoms with Crippen LogP contribution in [0.4, 0.5) is 0 Å². The smallest absolute Gasteiger partial charge is 0.279 e. The first kappa shape index (κ1) is 17.6. The molecule has 2 aliphatic heterocycles. The van der Waals surface area contributed by atoms with Gasteiger partial charge in [-0.05, 0) is 36.2 Å². The van der Waals surface area contributed by atoms with E-state index >= 15 is 0 Å². The van der Waals surface area contributed by atoms with Gasteiger partial charge >= 0.3 is 0 Å². The molecule has 2 fully saturated rings. The number of carbonyl (C=O) groups excluding carboxylic acids is 1. The van der Waals surface area contributed by atoms with Crippen molar-refractivity contribution in [3.63, 3.8) is 0 Å². The quantitative estimate of drug-likeness (QED) is 0.720. The number of hydrogen-bond acceptors (Lipinski definition) is 6. The predicted octanol–water partition coefficient (Wildman–Crippen LogP) is 2.87. The molecule has 2 aromatic carbocycles. The molecule has 28 heavy (non-hydrogen) atoms. The number of fused-ring (bicyclic) bond motifs is 3. The second-order valence-corrected chi connectivity index (χ2v) is 8.36. The summed E-state index contributed by atoms with van der Waals surface area (Å²) in [5.41, 5.74) is 2.18. The van der Waals surface area contributed by atoms with Gasteiger partial charge in [0, 0.05) is 31.7 Å². The summed E-state index contributed by atoms with van der Waals surface area (Å²) in [5, 5.41) is 9.73. The predicted molar refractivity (Wildman–Crippen MR) is 108 cm³/mol. The van der Waals surface area contributed by atoms with Crippen molar-refractivity contribution in [1.29, 1.82) is 0 Å². The third-order valence-corrected chi connectivity index (χ3v) is 6.51. The number of ether oxygens (including phenoxy) is 1. The number of hydrogen-bond donors (Lipinski definition) is 1. The zero-order valence-corrected chi connectivity index (χ0v) is 16.1. The van der Waals surface area contributed by atoms with Crippen molar-refractivity contribution in [1.82, 2.24) is 14.8 Å². The average Bonchev–Trinajstić information content (AvgIpc) is 3.42. The fourth-order valence-electron chi connectivity index (χ4n) is 4.23. The Labute approximate surface area is 167 Å². The second-order valence-electron chi connectivity index (χ2n) is 7.37. The van der Waals surface area contributed by atoms with E-state index in [0.29, 0.717) is 11.2 Å². The molecule has 1 N–H and O–H groups in total. The minimum atomic E-state index is -0.390. The van der Waals surface area contributed by atoms with Crippen molar-refractivity contribution in [2.45, 2.75) is 25.0 Å². The number of nitrogens with zero attached hydrogens (tertiary/aromatic N) is 3. The van der Waals surface area contributed by atoms with Gasteiger partial charge in [-0.1, -0.05) is 35.6 Å². The molecular weight excluding hydrogens is 374 g/mol. The third kappa shape index (κ3) is 3.26. The van der Waals surface area contributed by atoms with Gasteiger partial charge in [-0.25, -0.2) is 4.98 Å². The summed E-state index contributed by atoms with van der Waals surface area (Å²) in [7, 11) is 0. The molecule has 0 saturated carbocycles. The summed E-state index contributed by atoms with van der Waals surface area (Å²) in [6.45, 7) is 2.08. The van der Waals surface area contributed by atoms with Gasteiger partial charge in [0.1, 0.15) is 12.4 Å². The van der Waals surface area contributed by atoms with Gasteiger partial charge in [0.2, 0.25) is 5.91 Å². The van der Waals surface area contributed by atoms with E-state index in [2.05, 4.69) is 22.0 Å². The molecule has 0 radical (unpaired) electrons. The maximum absolute atomic E-state index is 11.8. The fraction of sp³-hybridized carbons (Fsp3) is 0.333. The van der Waals surface area contributed by atoms with Gasteiger partial charge in [0.05, 0.1) is 10.2 Å². The standard InChI is InChI=1S/C21H21N3O3S/c25-13-20(26)24-12-15-9-16(24)11-23(15)10-14-5-7-17(8-6-14)27-21-22-18-3-1-2-4-19(18)28-21/h1-8,15-16,25H,9-13H2/t15-,16-/m1/s1. The fourth-order valence-corrected chi connectivity index (χ4v) is 5.07. The van der Waals surface area contributed by atoms with Gasteiger partial charge < -0.3 is 14.7 Å². The SMILES string of the molecule is O=C(CO)N1C[C@H]2C[C@@H]1CN2Cc1ccc(Oc2nc3ccccc3s2)cc1. The van der Waals surface area contributed by atoms with Crippen molar-refractivity contribution >= 4 is 27.5 Å². The molecule has 2 atom stereocenters. The van der Waals surface area contributed by atoms with Crippen LogP contribution in [0.3, 0.4) is 0 Å². The Morgan fingerprint density at radius 1 is 1.14 bits per heavy atom. The van der Waals surface area contributed by atoms with Crippen molar-refractivity contribution < 1.29 is 14.6 Å². The summed E-state index contributed by atoms with van der Waals surface area (Å²) in [6, 6.07) is 16.8. The largest absolute Gasteiger partial charge is 0.431 e. The number of aliphatic hydroxyl groups is 1. The molecule has 3 aromatic rings. The Bertz CT molecular complexity index is 971. The van der Waals surface area contributed by atoms with E-state index in [0.717, 1.165) is 42.0 Å². The molecule has 3 heterocycles. The number of rotatable bonds is 5. The molecule has 1 amide bonds. The van der Waals surface area contributed by atoms with E-state index < -0.39 is 0 Å². The van der Waals surface area contributed by atoms with Gasteiger partial charge in [-0.3, -0.25) is 9.69 Å². The number of carbonyl (C=O) groups is 1. The molecule has 2 saturated heterocycles. The Morgan fingerprint density at radius 3 is 2.68 bits per heavy atom. The maximum atomic E-state index is 11.8.